The van der Waals surface area contributed by atoms with Gasteiger partial charge in [0.05, 0.1) is 17.9 Å². The van der Waals surface area contributed by atoms with Gasteiger partial charge in [-0.1, -0.05) is 13.8 Å². The summed E-state index contributed by atoms with van der Waals surface area (Å²) in [6, 6.07) is 4.16. The number of nitrogens with zero attached hydrogens (tertiary/aromatic N) is 2. The molecule has 0 amide bonds. The molecule has 21 heavy (non-hydrogen) atoms. The molecular weight excluding hydrogens is 285 g/mol. The number of pyridine rings is 1. The number of thioether (sulfide) groups is 1. The second kappa shape index (κ2) is 8.11. The summed E-state index contributed by atoms with van der Waals surface area (Å²) in [4.78, 5) is 6.73. The van der Waals surface area contributed by atoms with Crippen molar-refractivity contribution >= 4 is 11.8 Å². The first-order valence-corrected chi connectivity index (χ1v) is 8.90. The Labute approximate surface area is 131 Å². The third-order valence-corrected chi connectivity index (χ3v) is 5.31. The molecule has 0 saturated carbocycles. The van der Waals surface area contributed by atoms with Crippen LogP contribution in [0.4, 0.5) is 4.39 Å². The van der Waals surface area contributed by atoms with Crippen molar-refractivity contribution in [1.82, 2.24) is 15.2 Å². The lowest BCUT2D eigenvalue weighted by Crippen LogP contribution is -2.39. The molecule has 2 rings (SSSR count). The van der Waals surface area contributed by atoms with E-state index in [2.05, 4.69) is 36.1 Å². The summed E-state index contributed by atoms with van der Waals surface area (Å²) in [5.41, 5.74) is 0.931. The minimum Gasteiger partial charge on any atom is -0.309 e. The van der Waals surface area contributed by atoms with Gasteiger partial charge in [-0.15, -0.1) is 0 Å². The highest BCUT2D eigenvalue weighted by molar-refractivity contribution is 7.99. The summed E-state index contributed by atoms with van der Waals surface area (Å²) in [5, 5.41) is 3.50. The van der Waals surface area contributed by atoms with Crippen molar-refractivity contribution in [3.8, 4) is 0 Å². The fourth-order valence-electron chi connectivity index (χ4n) is 2.97. The molecule has 1 aromatic rings. The van der Waals surface area contributed by atoms with E-state index in [1.807, 2.05) is 11.8 Å². The summed E-state index contributed by atoms with van der Waals surface area (Å²) in [6.07, 6.45) is 2.60. The molecule has 3 atom stereocenters. The fraction of sp³-hybridized carbons (Fsp3) is 0.688. The van der Waals surface area contributed by atoms with Gasteiger partial charge in [0.1, 0.15) is 5.82 Å². The number of rotatable bonds is 7. The third-order valence-electron chi connectivity index (χ3n) is 4.17. The van der Waals surface area contributed by atoms with Crippen LogP contribution in [0, 0.1) is 11.7 Å². The first kappa shape index (κ1) is 16.7. The first-order chi connectivity index (χ1) is 10.1. The summed E-state index contributed by atoms with van der Waals surface area (Å²) in [7, 11) is 2.22. The van der Waals surface area contributed by atoms with Gasteiger partial charge in [-0.05, 0) is 43.8 Å². The molecule has 0 spiro atoms. The monoisotopic (exact) mass is 311 g/mol. The summed E-state index contributed by atoms with van der Waals surface area (Å²) >= 11 is 2.04. The van der Waals surface area contributed by atoms with E-state index in [1.54, 1.807) is 6.07 Å². The summed E-state index contributed by atoms with van der Waals surface area (Å²) in [5.74, 6) is 2.67. The van der Waals surface area contributed by atoms with Crippen molar-refractivity contribution in [2.24, 2.45) is 5.92 Å². The van der Waals surface area contributed by atoms with Crippen LogP contribution >= 0.6 is 11.8 Å². The van der Waals surface area contributed by atoms with Crippen LogP contribution < -0.4 is 5.32 Å². The lowest BCUT2D eigenvalue weighted by Gasteiger charge is -2.31. The highest BCUT2D eigenvalue weighted by Gasteiger charge is 2.25. The molecule has 5 heteroatoms. The van der Waals surface area contributed by atoms with Crippen molar-refractivity contribution < 1.29 is 4.39 Å². The molecule has 1 aliphatic rings. The van der Waals surface area contributed by atoms with Gasteiger partial charge in [-0.25, -0.2) is 4.39 Å². The molecule has 3 nitrogen and oxygen atoms in total. The number of hydrogen-bond donors (Lipinski definition) is 1. The van der Waals surface area contributed by atoms with Crippen LogP contribution in [0.2, 0.25) is 0 Å². The quantitative estimate of drug-likeness (QED) is 0.838. The van der Waals surface area contributed by atoms with E-state index < -0.39 is 0 Å². The van der Waals surface area contributed by atoms with E-state index in [0.29, 0.717) is 12.0 Å². The molecule has 0 radical (unpaired) electrons. The lowest BCUT2D eigenvalue weighted by molar-refractivity contribution is 0.202. The zero-order valence-corrected chi connectivity index (χ0v) is 14.0. The standard InChI is InChI=1S/C16H26FN3S/c1-4-18-16(15-6-5-13(17)9-19-15)12(2)10-20(3)14-7-8-21-11-14/h5-6,9,12,14,16,18H,4,7-8,10-11H2,1-3H3. The van der Waals surface area contributed by atoms with E-state index in [4.69, 9.17) is 0 Å². The van der Waals surface area contributed by atoms with Crippen molar-refractivity contribution in [3.63, 3.8) is 0 Å². The Hall–Kier alpha value is -0.650. The van der Waals surface area contributed by atoms with E-state index in [0.717, 1.165) is 18.8 Å². The average Bonchev–Trinajstić information content (AvgIpc) is 3.00. The van der Waals surface area contributed by atoms with Crippen LogP contribution in [0.5, 0.6) is 0 Å². The minimum absolute atomic E-state index is 0.173. The van der Waals surface area contributed by atoms with Crippen LogP contribution in [0.15, 0.2) is 18.3 Å². The zero-order valence-electron chi connectivity index (χ0n) is 13.2. The maximum Gasteiger partial charge on any atom is 0.141 e. The highest BCUT2D eigenvalue weighted by atomic mass is 32.2. The smallest absolute Gasteiger partial charge is 0.141 e. The SMILES string of the molecule is CCNC(c1ccc(F)cn1)C(C)CN(C)C1CCSC1. The summed E-state index contributed by atoms with van der Waals surface area (Å²) < 4.78 is 13.1. The van der Waals surface area contributed by atoms with Crippen LogP contribution in [0.3, 0.4) is 0 Å². The Kier molecular flexibility index (Phi) is 6.45. The number of hydrogen-bond acceptors (Lipinski definition) is 4. The Balaban J connectivity index is 2.00. The number of nitrogens with one attached hydrogen (secondary N) is 1. The predicted octanol–water partition coefficient (Wildman–Crippen LogP) is 2.94. The van der Waals surface area contributed by atoms with Gasteiger partial charge >= 0.3 is 0 Å². The molecule has 1 fully saturated rings. The Morgan fingerprint density at radius 3 is 2.90 bits per heavy atom. The van der Waals surface area contributed by atoms with Crippen molar-refractivity contribution in [1.29, 1.82) is 0 Å². The van der Waals surface area contributed by atoms with Gasteiger partial charge < -0.3 is 10.2 Å². The first-order valence-electron chi connectivity index (χ1n) is 7.74. The molecule has 0 bridgehead atoms. The number of halogens is 1. The minimum atomic E-state index is -0.276. The van der Waals surface area contributed by atoms with Gasteiger partial charge in [0, 0.05) is 18.3 Å². The van der Waals surface area contributed by atoms with Gasteiger partial charge in [-0.3, -0.25) is 4.98 Å². The van der Waals surface area contributed by atoms with Crippen LogP contribution in [-0.2, 0) is 0 Å². The molecular formula is C16H26FN3S. The van der Waals surface area contributed by atoms with E-state index in [9.17, 15) is 4.39 Å². The van der Waals surface area contributed by atoms with Crippen LogP contribution in [0.25, 0.3) is 0 Å². The molecule has 118 valence electrons. The van der Waals surface area contributed by atoms with Crippen molar-refractivity contribution in [2.45, 2.75) is 32.4 Å². The Morgan fingerprint density at radius 2 is 2.33 bits per heavy atom. The maximum absolute atomic E-state index is 13.1. The number of aromatic nitrogens is 1. The van der Waals surface area contributed by atoms with Crippen LogP contribution in [0.1, 0.15) is 32.0 Å². The fourth-order valence-corrected chi connectivity index (χ4v) is 4.27. The molecule has 1 saturated heterocycles. The summed E-state index contributed by atoms with van der Waals surface area (Å²) in [6.45, 7) is 6.26. The average molecular weight is 311 g/mol. The molecule has 1 aliphatic heterocycles. The molecule has 3 unspecified atom stereocenters. The van der Waals surface area contributed by atoms with Crippen molar-refractivity contribution in [2.75, 3.05) is 31.6 Å². The van der Waals surface area contributed by atoms with Gasteiger partial charge in [0.25, 0.3) is 0 Å². The van der Waals surface area contributed by atoms with E-state index >= 15 is 0 Å². The normalized spacial score (nSPS) is 21.7. The van der Waals surface area contributed by atoms with E-state index in [-0.39, 0.29) is 11.9 Å². The Bertz CT molecular complexity index is 420. The molecule has 0 aliphatic carbocycles. The maximum atomic E-state index is 13.1. The predicted molar refractivity (Wildman–Crippen MR) is 88.1 cm³/mol. The van der Waals surface area contributed by atoms with E-state index in [1.165, 1.54) is 30.2 Å². The van der Waals surface area contributed by atoms with Crippen LogP contribution in [-0.4, -0.2) is 47.6 Å². The third kappa shape index (κ3) is 4.66. The molecule has 2 heterocycles. The topological polar surface area (TPSA) is 28.2 Å². The van der Waals surface area contributed by atoms with Gasteiger partial charge in [0.2, 0.25) is 0 Å². The second-order valence-electron chi connectivity index (χ2n) is 5.87. The molecule has 1 aromatic heterocycles. The second-order valence-corrected chi connectivity index (χ2v) is 7.02. The largest absolute Gasteiger partial charge is 0.309 e. The van der Waals surface area contributed by atoms with Gasteiger partial charge in [0.15, 0.2) is 0 Å². The zero-order chi connectivity index (χ0) is 15.2. The molecule has 1 N–H and O–H groups in total. The van der Waals surface area contributed by atoms with Crippen molar-refractivity contribution in [3.05, 3.63) is 29.8 Å². The highest BCUT2D eigenvalue weighted by Crippen LogP contribution is 2.25. The lowest BCUT2D eigenvalue weighted by atomic mass is 9.97. The Morgan fingerprint density at radius 1 is 1.52 bits per heavy atom. The molecule has 0 aromatic carbocycles. The van der Waals surface area contributed by atoms with Gasteiger partial charge in [-0.2, -0.15) is 11.8 Å².